The molecule has 0 radical (unpaired) electrons. The second kappa shape index (κ2) is 4.90. The second-order valence-electron chi connectivity index (χ2n) is 4.51. The average Bonchev–Trinajstić information content (AvgIpc) is 2.80. The van der Waals surface area contributed by atoms with Gasteiger partial charge in [0, 0.05) is 6.20 Å². The van der Waals surface area contributed by atoms with Crippen LogP contribution >= 0.6 is 0 Å². The largest absolute Gasteiger partial charge is 0.476 e. The van der Waals surface area contributed by atoms with Crippen LogP contribution in [0.3, 0.4) is 0 Å². The normalized spacial score (nSPS) is 10.8. The lowest BCUT2D eigenvalue weighted by molar-refractivity contribution is 0.0686. The summed E-state index contributed by atoms with van der Waals surface area (Å²) in [5, 5.41) is 9.33. The fourth-order valence-electron chi connectivity index (χ4n) is 2.03. The Hall–Kier alpha value is -2.89. The summed E-state index contributed by atoms with van der Waals surface area (Å²) < 4.78 is 20.2. The number of pyridine rings is 1. The highest BCUT2D eigenvalue weighted by Gasteiger charge is 2.20. The van der Waals surface area contributed by atoms with Crippen LogP contribution in [-0.2, 0) is 0 Å². The summed E-state index contributed by atoms with van der Waals surface area (Å²) >= 11 is 0. The first-order valence-electron chi connectivity index (χ1n) is 6.20. The Balaban J connectivity index is 2.09. The number of fused-ring (bicyclic) bond motifs is 1. The summed E-state index contributed by atoms with van der Waals surface area (Å²) in [6, 6.07) is 9.31. The summed E-state index contributed by atoms with van der Waals surface area (Å²) in [7, 11) is 0. The van der Waals surface area contributed by atoms with E-state index in [-0.39, 0.29) is 17.4 Å². The van der Waals surface area contributed by atoms with E-state index >= 15 is 0 Å². The molecule has 3 aromatic rings. The van der Waals surface area contributed by atoms with Crippen molar-refractivity contribution in [3.63, 3.8) is 0 Å². The lowest BCUT2D eigenvalue weighted by Crippen LogP contribution is -2.03. The molecule has 0 fully saturated rings. The molecule has 0 spiro atoms. The third-order valence-electron chi connectivity index (χ3n) is 3.04. The molecule has 1 aromatic carbocycles. The number of aromatic carboxylic acids is 1. The summed E-state index contributed by atoms with van der Waals surface area (Å²) in [5.74, 6) is -1.20. The Morgan fingerprint density at radius 2 is 2.14 bits per heavy atom. The molecule has 0 saturated carbocycles. The van der Waals surface area contributed by atoms with Gasteiger partial charge >= 0.3 is 5.97 Å². The number of rotatable bonds is 3. The Labute approximate surface area is 119 Å². The topological polar surface area (TPSA) is 63.8 Å². The number of benzene rings is 1. The number of nitrogens with zero attached hydrogens (tertiary/aromatic N) is 2. The van der Waals surface area contributed by atoms with Gasteiger partial charge in [-0.15, -0.1) is 0 Å². The van der Waals surface area contributed by atoms with Crippen LogP contribution in [0.25, 0.3) is 5.65 Å². The van der Waals surface area contributed by atoms with Crippen molar-refractivity contribution >= 4 is 11.6 Å². The fraction of sp³-hybridized carbons (Fsp3) is 0.0667. The molecule has 0 aliphatic rings. The molecular formula is C15H11FN2O3. The monoisotopic (exact) mass is 286 g/mol. The molecule has 0 bridgehead atoms. The highest BCUT2D eigenvalue weighted by atomic mass is 19.1. The van der Waals surface area contributed by atoms with Crippen LogP contribution < -0.4 is 4.74 Å². The second-order valence-corrected chi connectivity index (χ2v) is 4.51. The number of aromatic nitrogens is 2. The van der Waals surface area contributed by atoms with E-state index in [1.165, 1.54) is 22.6 Å². The van der Waals surface area contributed by atoms with E-state index < -0.39 is 5.97 Å². The zero-order chi connectivity index (χ0) is 15.0. The van der Waals surface area contributed by atoms with Gasteiger partial charge in [-0.2, -0.15) is 4.98 Å². The number of halogens is 1. The molecule has 21 heavy (non-hydrogen) atoms. The quantitative estimate of drug-likeness (QED) is 0.802. The number of carboxylic acid groups (broad SMARTS) is 1. The summed E-state index contributed by atoms with van der Waals surface area (Å²) in [5.41, 5.74) is 0.796. The minimum absolute atomic E-state index is 0.0280. The number of hydrogen-bond acceptors (Lipinski definition) is 3. The SMILES string of the molecule is Cc1cc(Oc2nc3ccccn3c2C(=O)O)ccc1F. The van der Waals surface area contributed by atoms with Gasteiger partial charge in [-0.1, -0.05) is 6.07 Å². The minimum atomic E-state index is -1.15. The molecule has 0 atom stereocenters. The maximum Gasteiger partial charge on any atom is 0.358 e. The van der Waals surface area contributed by atoms with Crippen molar-refractivity contribution in [1.82, 2.24) is 9.38 Å². The van der Waals surface area contributed by atoms with Crippen LogP contribution in [0.5, 0.6) is 11.6 Å². The van der Waals surface area contributed by atoms with Crippen LogP contribution in [0.4, 0.5) is 4.39 Å². The number of hydrogen-bond donors (Lipinski definition) is 1. The van der Waals surface area contributed by atoms with Crippen LogP contribution in [0.2, 0.25) is 0 Å². The lowest BCUT2D eigenvalue weighted by Gasteiger charge is -2.05. The number of ether oxygens (including phenoxy) is 1. The average molecular weight is 286 g/mol. The third-order valence-corrected chi connectivity index (χ3v) is 3.04. The van der Waals surface area contributed by atoms with Gasteiger partial charge < -0.3 is 9.84 Å². The van der Waals surface area contributed by atoms with Crippen LogP contribution in [0.1, 0.15) is 16.1 Å². The Kier molecular flexibility index (Phi) is 3.06. The highest BCUT2D eigenvalue weighted by molar-refractivity contribution is 5.89. The molecule has 0 unspecified atom stereocenters. The van der Waals surface area contributed by atoms with Gasteiger partial charge in [0.15, 0.2) is 5.69 Å². The van der Waals surface area contributed by atoms with E-state index in [0.29, 0.717) is 17.0 Å². The Bertz CT molecular complexity index is 842. The molecule has 2 aromatic heterocycles. The number of carboxylic acids is 1. The van der Waals surface area contributed by atoms with E-state index in [4.69, 9.17) is 4.74 Å². The van der Waals surface area contributed by atoms with Crippen LogP contribution in [-0.4, -0.2) is 20.5 Å². The van der Waals surface area contributed by atoms with Gasteiger partial charge in [0.1, 0.15) is 17.2 Å². The molecule has 5 nitrogen and oxygen atoms in total. The van der Waals surface area contributed by atoms with E-state index in [0.717, 1.165) is 0 Å². The zero-order valence-electron chi connectivity index (χ0n) is 11.1. The molecular weight excluding hydrogens is 275 g/mol. The number of carbonyl (C=O) groups is 1. The van der Waals surface area contributed by atoms with Gasteiger partial charge in [0.2, 0.25) is 0 Å². The molecule has 6 heteroatoms. The molecule has 0 aliphatic heterocycles. The van der Waals surface area contributed by atoms with Crippen molar-refractivity contribution in [3.05, 3.63) is 59.7 Å². The van der Waals surface area contributed by atoms with Gasteiger partial charge in [0.25, 0.3) is 5.88 Å². The van der Waals surface area contributed by atoms with Gasteiger partial charge in [-0.05, 0) is 42.8 Å². The van der Waals surface area contributed by atoms with E-state index in [1.54, 1.807) is 31.3 Å². The van der Waals surface area contributed by atoms with Crippen molar-refractivity contribution in [3.8, 4) is 11.6 Å². The Morgan fingerprint density at radius 1 is 1.33 bits per heavy atom. The van der Waals surface area contributed by atoms with Crippen molar-refractivity contribution in [1.29, 1.82) is 0 Å². The number of aryl methyl sites for hydroxylation is 1. The number of imidazole rings is 1. The highest BCUT2D eigenvalue weighted by Crippen LogP contribution is 2.27. The molecule has 1 N–H and O–H groups in total. The van der Waals surface area contributed by atoms with Gasteiger partial charge in [-0.3, -0.25) is 4.40 Å². The van der Waals surface area contributed by atoms with Crippen LogP contribution in [0.15, 0.2) is 42.6 Å². The van der Waals surface area contributed by atoms with E-state index in [1.807, 2.05) is 0 Å². The van der Waals surface area contributed by atoms with Crippen molar-refractivity contribution in [2.75, 3.05) is 0 Å². The van der Waals surface area contributed by atoms with Crippen molar-refractivity contribution in [2.24, 2.45) is 0 Å². The maximum atomic E-state index is 13.2. The predicted molar refractivity (Wildman–Crippen MR) is 73.4 cm³/mol. The standard InChI is InChI=1S/C15H11FN2O3/c1-9-8-10(5-6-11(9)16)21-14-13(15(19)20)18-7-3-2-4-12(18)17-14/h2-8H,1H3,(H,19,20). The first kappa shape index (κ1) is 13.1. The summed E-state index contributed by atoms with van der Waals surface area (Å²) in [6.45, 7) is 1.60. The van der Waals surface area contributed by atoms with Crippen LogP contribution in [0, 0.1) is 12.7 Å². The summed E-state index contributed by atoms with van der Waals surface area (Å²) in [6.07, 6.45) is 1.59. The van der Waals surface area contributed by atoms with Gasteiger partial charge in [-0.25, -0.2) is 9.18 Å². The third kappa shape index (κ3) is 2.31. The molecule has 0 saturated heterocycles. The fourth-order valence-corrected chi connectivity index (χ4v) is 2.03. The predicted octanol–water partition coefficient (Wildman–Crippen LogP) is 3.27. The first-order valence-corrected chi connectivity index (χ1v) is 6.20. The molecule has 0 aliphatic carbocycles. The van der Waals surface area contributed by atoms with Crippen molar-refractivity contribution < 1.29 is 19.0 Å². The van der Waals surface area contributed by atoms with E-state index in [9.17, 15) is 14.3 Å². The summed E-state index contributed by atoms with van der Waals surface area (Å²) in [4.78, 5) is 15.6. The zero-order valence-corrected chi connectivity index (χ0v) is 11.1. The maximum absolute atomic E-state index is 13.2. The van der Waals surface area contributed by atoms with Crippen molar-refractivity contribution in [2.45, 2.75) is 6.92 Å². The lowest BCUT2D eigenvalue weighted by atomic mass is 10.2. The molecule has 3 rings (SSSR count). The molecule has 2 heterocycles. The first-order chi connectivity index (χ1) is 10.1. The smallest absolute Gasteiger partial charge is 0.358 e. The minimum Gasteiger partial charge on any atom is -0.476 e. The molecule has 106 valence electrons. The van der Waals surface area contributed by atoms with E-state index in [2.05, 4.69) is 4.98 Å². The molecule has 0 amide bonds. The Morgan fingerprint density at radius 3 is 2.86 bits per heavy atom. The van der Waals surface area contributed by atoms with Gasteiger partial charge in [0.05, 0.1) is 0 Å².